The minimum atomic E-state index is -0.451. The highest BCUT2D eigenvalue weighted by atomic mass is 16.2. The second-order valence-corrected chi connectivity index (χ2v) is 6.33. The third kappa shape index (κ3) is 3.13. The van der Waals surface area contributed by atoms with Crippen LogP contribution in [0.4, 0.5) is 0 Å². The van der Waals surface area contributed by atoms with Gasteiger partial charge in [-0.1, -0.05) is 24.3 Å². The molecule has 6 heteroatoms. The fourth-order valence-electron chi connectivity index (χ4n) is 3.35. The molecule has 6 nitrogen and oxygen atoms in total. The van der Waals surface area contributed by atoms with Gasteiger partial charge in [-0.15, -0.1) is 0 Å². The van der Waals surface area contributed by atoms with E-state index in [-0.39, 0.29) is 11.6 Å². The van der Waals surface area contributed by atoms with Crippen LogP contribution in [0.3, 0.4) is 0 Å². The van der Waals surface area contributed by atoms with Crippen molar-refractivity contribution in [3.05, 3.63) is 82.0 Å². The second kappa shape index (κ2) is 6.92. The summed E-state index contributed by atoms with van der Waals surface area (Å²) in [6, 6.07) is 11.5. The number of carbonyl (C=O) groups excluding carboxylic acids is 1. The third-order valence-corrected chi connectivity index (χ3v) is 4.67. The minimum Gasteiger partial charge on any atom is -0.345 e. The molecule has 1 atom stereocenters. The summed E-state index contributed by atoms with van der Waals surface area (Å²) in [7, 11) is 0. The van der Waals surface area contributed by atoms with Gasteiger partial charge in [-0.2, -0.15) is 0 Å². The molecule has 0 spiro atoms. The molecular formula is C20H18N4O2. The maximum absolute atomic E-state index is 12.6. The number of aromatic amines is 1. The second-order valence-electron chi connectivity index (χ2n) is 6.33. The van der Waals surface area contributed by atoms with E-state index in [0.29, 0.717) is 5.82 Å². The molecule has 1 aromatic carbocycles. The number of pyridine rings is 1. The summed E-state index contributed by atoms with van der Waals surface area (Å²) < 4.78 is 0. The zero-order valence-corrected chi connectivity index (χ0v) is 14.1. The first-order valence-corrected chi connectivity index (χ1v) is 8.61. The van der Waals surface area contributed by atoms with Gasteiger partial charge in [0.05, 0.1) is 6.04 Å². The Labute approximate surface area is 150 Å². The lowest BCUT2D eigenvalue weighted by Crippen LogP contribution is -2.34. The van der Waals surface area contributed by atoms with Gasteiger partial charge in [0.25, 0.3) is 11.5 Å². The van der Waals surface area contributed by atoms with E-state index in [0.717, 1.165) is 30.4 Å². The van der Waals surface area contributed by atoms with Crippen LogP contribution in [-0.4, -0.2) is 20.9 Å². The standard InChI is InChI=1S/C20H18N4O2/c25-19(23-17-7-3-5-13-4-1-2-6-15(13)17)16-12-22-18(24-20(16)26)14-8-10-21-11-9-14/h1-2,4,6,8-12,17H,3,5,7H2,(H,23,25)(H,22,24,26)/t17-/m0/s1. The predicted octanol–water partition coefficient (Wildman–Crippen LogP) is 2.64. The van der Waals surface area contributed by atoms with Crippen LogP contribution in [0.5, 0.6) is 0 Å². The number of fused-ring (bicyclic) bond motifs is 1. The Morgan fingerprint density at radius 1 is 1.15 bits per heavy atom. The van der Waals surface area contributed by atoms with Crippen molar-refractivity contribution in [2.75, 3.05) is 0 Å². The van der Waals surface area contributed by atoms with E-state index in [1.807, 2.05) is 18.2 Å². The summed E-state index contributed by atoms with van der Waals surface area (Å²) in [5, 5.41) is 2.98. The third-order valence-electron chi connectivity index (χ3n) is 4.67. The fraction of sp³-hybridized carbons (Fsp3) is 0.200. The SMILES string of the molecule is O=C(N[C@H]1CCCc2ccccc21)c1cnc(-c2ccncc2)[nH]c1=O. The molecule has 3 aromatic rings. The predicted molar refractivity (Wildman–Crippen MR) is 97.7 cm³/mol. The number of hydrogen-bond donors (Lipinski definition) is 2. The molecule has 1 aliphatic carbocycles. The normalized spacial score (nSPS) is 15.9. The van der Waals surface area contributed by atoms with Crippen LogP contribution in [0.25, 0.3) is 11.4 Å². The van der Waals surface area contributed by atoms with Gasteiger partial charge in [0.2, 0.25) is 0 Å². The molecule has 0 aliphatic heterocycles. The van der Waals surface area contributed by atoms with Gasteiger partial charge >= 0.3 is 0 Å². The summed E-state index contributed by atoms with van der Waals surface area (Å²) in [6.45, 7) is 0. The van der Waals surface area contributed by atoms with Gasteiger partial charge in [0, 0.05) is 24.2 Å². The van der Waals surface area contributed by atoms with Crippen LogP contribution < -0.4 is 10.9 Å². The van der Waals surface area contributed by atoms with E-state index in [1.54, 1.807) is 24.5 Å². The Morgan fingerprint density at radius 2 is 1.96 bits per heavy atom. The van der Waals surface area contributed by atoms with Gasteiger partial charge in [0.15, 0.2) is 0 Å². The maximum Gasteiger partial charge on any atom is 0.264 e. The Bertz CT molecular complexity index is 998. The van der Waals surface area contributed by atoms with Gasteiger partial charge in [-0.25, -0.2) is 4.98 Å². The highest BCUT2D eigenvalue weighted by Crippen LogP contribution is 2.29. The zero-order chi connectivity index (χ0) is 17.9. The molecule has 130 valence electrons. The minimum absolute atomic E-state index is 0.0193. The lowest BCUT2D eigenvalue weighted by atomic mass is 9.87. The number of benzene rings is 1. The number of amides is 1. The van der Waals surface area contributed by atoms with Crippen LogP contribution in [0.15, 0.2) is 59.8 Å². The molecule has 0 bridgehead atoms. The first kappa shape index (κ1) is 16.2. The van der Waals surface area contributed by atoms with E-state index >= 15 is 0 Å². The molecule has 2 aromatic heterocycles. The largest absolute Gasteiger partial charge is 0.345 e. The lowest BCUT2D eigenvalue weighted by molar-refractivity contribution is 0.0931. The molecule has 0 radical (unpaired) electrons. The average molecular weight is 346 g/mol. The van der Waals surface area contributed by atoms with Gasteiger partial charge in [0.1, 0.15) is 11.4 Å². The van der Waals surface area contributed by atoms with Crippen LogP contribution in [0.2, 0.25) is 0 Å². The maximum atomic E-state index is 12.6. The Balaban J connectivity index is 1.57. The topological polar surface area (TPSA) is 87.7 Å². The van der Waals surface area contributed by atoms with Gasteiger partial charge < -0.3 is 10.3 Å². The molecule has 1 aliphatic rings. The molecule has 0 unspecified atom stereocenters. The fourth-order valence-corrected chi connectivity index (χ4v) is 3.35. The highest BCUT2D eigenvalue weighted by Gasteiger charge is 2.23. The average Bonchev–Trinajstić information content (AvgIpc) is 2.69. The highest BCUT2D eigenvalue weighted by molar-refractivity contribution is 5.94. The van der Waals surface area contributed by atoms with E-state index in [1.165, 1.54) is 11.8 Å². The summed E-state index contributed by atoms with van der Waals surface area (Å²) in [4.78, 5) is 35.8. The van der Waals surface area contributed by atoms with Crippen molar-refractivity contribution in [3.63, 3.8) is 0 Å². The van der Waals surface area contributed by atoms with Crippen molar-refractivity contribution < 1.29 is 4.79 Å². The van der Waals surface area contributed by atoms with Crippen molar-refractivity contribution in [2.24, 2.45) is 0 Å². The molecule has 2 heterocycles. The zero-order valence-electron chi connectivity index (χ0n) is 14.1. The molecular weight excluding hydrogens is 328 g/mol. The van der Waals surface area contributed by atoms with Crippen molar-refractivity contribution in [3.8, 4) is 11.4 Å². The molecule has 2 N–H and O–H groups in total. The Kier molecular flexibility index (Phi) is 4.31. The number of H-pyrrole nitrogens is 1. The molecule has 0 saturated carbocycles. The Morgan fingerprint density at radius 3 is 2.77 bits per heavy atom. The van der Waals surface area contributed by atoms with E-state index in [9.17, 15) is 9.59 Å². The van der Waals surface area contributed by atoms with Crippen molar-refractivity contribution in [2.45, 2.75) is 25.3 Å². The number of aromatic nitrogens is 3. The number of aryl methyl sites for hydroxylation is 1. The first-order valence-electron chi connectivity index (χ1n) is 8.61. The van der Waals surface area contributed by atoms with Crippen LogP contribution in [0.1, 0.15) is 40.4 Å². The van der Waals surface area contributed by atoms with Crippen molar-refractivity contribution in [1.82, 2.24) is 20.3 Å². The molecule has 1 amide bonds. The van der Waals surface area contributed by atoms with Gasteiger partial charge in [-0.3, -0.25) is 14.6 Å². The van der Waals surface area contributed by atoms with Crippen molar-refractivity contribution in [1.29, 1.82) is 0 Å². The summed E-state index contributed by atoms with van der Waals surface area (Å²) in [6.07, 6.45) is 7.47. The van der Waals surface area contributed by atoms with Crippen molar-refractivity contribution >= 4 is 5.91 Å². The number of nitrogens with one attached hydrogen (secondary N) is 2. The smallest absolute Gasteiger partial charge is 0.264 e. The summed E-state index contributed by atoms with van der Waals surface area (Å²) in [5.41, 5.74) is 2.69. The van der Waals surface area contributed by atoms with Crippen LogP contribution in [0, 0.1) is 0 Å². The van der Waals surface area contributed by atoms with Crippen LogP contribution >= 0.6 is 0 Å². The number of hydrogen-bond acceptors (Lipinski definition) is 4. The monoisotopic (exact) mass is 346 g/mol. The van der Waals surface area contributed by atoms with E-state index in [2.05, 4.69) is 26.3 Å². The molecule has 26 heavy (non-hydrogen) atoms. The number of rotatable bonds is 3. The first-order chi connectivity index (χ1) is 12.7. The van der Waals surface area contributed by atoms with Crippen LogP contribution in [-0.2, 0) is 6.42 Å². The van der Waals surface area contributed by atoms with E-state index < -0.39 is 11.5 Å². The Hall–Kier alpha value is -3.28. The lowest BCUT2D eigenvalue weighted by Gasteiger charge is -2.26. The summed E-state index contributed by atoms with van der Waals surface area (Å²) in [5.74, 6) is 0.0127. The quantitative estimate of drug-likeness (QED) is 0.763. The molecule has 0 fully saturated rings. The molecule has 4 rings (SSSR count). The summed E-state index contributed by atoms with van der Waals surface area (Å²) >= 11 is 0. The molecule has 0 saturated heterocycles. The van der Waals surface area contributed by atoms with Gasteiger partial charge in [-0.05, 0) is 42.5 Å². The van der Waals surface area contributed by atoms with E-state index in [4.69, 9.17) is 0 Å². The number of carbonyl (C=O) groups is 1. The number of nitrogens with zero attached hydrogens (tertiary/aromatic N) is 2.